The zero-order valence-electron chi connectivity index (χ0n) is 17.6. The summed E-state index contributed by atoms with van der Waals surface area (Å²) in [5, 5.41) is 5.76. The molecule has 2 aliphatic rings. The number of aliphatic imine (C=N–C) groups is 1. The second-order valence-corrected chi connectivity index (χ2v) is 9.10. The van der Waals surface area contributed by atoms with Gasteiger partial charge in [-0.05, 0) is 37.6 Å². The number of rotatable bonds is 9. The SMILES string of the molecule is CCNC(=NCC1(c2cccs2)CCCCC1)N1CCC(COCCOC)C1. The molecule has 5 nitrogen and oxygen atoms in total. The van der Waals surface area contributed by atoms with Gasteiger partial charge in [0.05, 0.1) is 26.4 Å². The second-order valence-electron chi connectivity index (χ2n) is 8.16. The predicted octanol–water partition coefficient (Wildman–Crippen LogP) is 3.90. The lowest BCUT2D eigenvalue weighted by atomic mass is 9.73. The third kappa shape index (κ3) is 5.71. The lowest BCUT2D eigenvalue weighted by Gasteiger charge is -2.36. The Morgan fingerprint density at radius 2 is 2.18 bits per heavy atom. The van der Waals surface area contributed by atoms with Crippen molar-refractivity contribution in [2.45, 2.75) is 50.9 Å². The molecule has 28 heavy (non-hydrogen) atoms. The van der Waals surface area contributed by atoms with Gasteiger partial charge in [-0.3, -0.25) is 4.99 Å². The largest absolute Gasteiger partial charge is 0.382 e. The molecule has 1 unspecified atom stereocenters. The first-order valence-electron chi connectivity index (χ1n) is 10.9. The van der Waals surface area contributed by atoms with E-state index in [4.69, 9.17) is 14.5 Å². The zero-order chi connectivity index (χ0) is 19.7. The van der Waals surface area contributed by atoms with Gasteiger partial charge in [0.15, 0.2) is 5.96 Å². The van der Waals surface area contributed by atoms with Gasteiger partial charge in [-0.25, -0.2) is 0 Å². The van der Waals surface area contributed by atoms with Crippen molar-refractivity contribution in [2.75, 3.05) is 53.1 Å². The van der Waals surface area contributed by atoms with Crippen LogP contribution in [0.25, 0.3) is 0 Å². The van der Waals surface area contributed by atoms with Crippen molar-refractivity contribution in [3.05, 3.63) is 22.4 Å². The maximum atomic E-state index is 5.76. The highest BCUT2D eigenvalue weighted by atomic mass is 32.1. The maximum Gasteiger partial charge on any atom is 0.193 e. The average molecular weight is 408 g/mol. The van der Waals surface area contributed by atoms with Crippen LogP contribution in [0.5, 0.6) is 0 Å². The van der Waals surface area contributed by atoms with Gasteiger partial charge in [0.2, 0.25) is 0 Å². The van der Waals surface area contributed by atoms with E-state index >= 15 is 0 Å². The predicted molar refractivity (Wildman–Crippen MR) is 117 cm³/mol. The molecule has 1 saturated carbocycles. The Bertz CT molecular complexity index is 585. The molecule has 0 radical (unpaired) electrons. The summed E-state index contributed by atoms with van der Waals surface area (Å²) in [7, 11) is 1.72. The number of hydrogen-bond acceptors (Lipinski definition) is 4. The van der Waals surface area contributed by atoms with Gasteiger partial charge in [-0.2, -0.15) is 0 Å². The normalized spacial score (nSPS) is 22.6. The number of hydrogen-bond donors (Lipinski definition) is 1. The second kappa shape index (κ2) is 11.2. The van der Waals surface area contributed by atoms with Gasteiger partial charge < -0.3 is 19.7 Å². The van der Waals surface area contributed by atoms with Crippen molar-refractivity contribution in [1.82, 2.24) is 10.2 Å². The van der Waals surface area contributed by atoms with Crippen LogP contribution >= 0.6 is 11.3 Å². The number of nitrogens with zero attached hydrogens (tertiary/aromatic N) is 2. The number of likely N-dealkylation sites (tertiary alicyclic amines) is 1. The molecule has 1 aromatic heterocycles. The highest BCUT2D eigenvalue weighted by Crippen LogP contribution is 2.41. The first-order valence-corrected chi connectivity index (χ1v) is 11.8. The third-order valence-corrected chi connectivity index (χ3v) is 7.21. The third-order valence-electron chi connectivity index (χ3n) is 6.09. The molecule has 0 spiro atoms. The highest BCUT2D eigenvalue weighted by Gasteiger charge is 2.35. The first-order chi connectivity index (χ1) is 13.8. The van der Waals surface area contributed by atoms with Crippen LogP contribution in [-0.2, 0) is 14.9 Å². The highest BCUT2D eigenvalue weighted by molar-refractivity contribution is 7.10. The number of ether oxygens (including phenoxy) is 2. The molecule has 2 fully saturated rings. The van der Waals surface area contributed by atoms with E-state index in [-0.39, 0.29) is 5.41 Å². The average Bonchev–Trinajstić information content (AvgIpc) is 3.42. The summed E-state index contributed by atoms with van der Waals surface area (Å²) < 4.78 is 10.8. The summed E-state index contributed by atoms with van der Waals surface area (Å²) in [4.78, 5) is 9.12. The molecule has 1 saturated heterocycles. The quantitative estimate of drug-likeness (QED) is 0.383. The monoisotopic (exact) mass is 407 g/mol. The fourth-order valence-electron chi connectivity index (χ4n) is 4.50. The molecule has 1 aromatic rings. The van der Waals surface area contributed by atoms with Crippen LogP contribution in [0.15, 0.2) is 22.5 Å². The van der Waals surface area contributed by atoms with E-state index in [1.54, 1.807) is 7.11 Å². The minimum atomic E-state index is 0.246. The van der Waals surface area contributed by atoms with E-state index in [0.717, 1.165) is 38.7 Å². The van der Waals surface area contributed by atoms with E-state index in [1.165, 1.54) is 43.4 Å². The fourth-order valence-corrected chi connectivity index (χ4v) is 5.48. The summed E-state index contributed by atoms with van der Waals surface area (Å²) in [6.45, 7) is 8.25. The van der Waals surface area contributed by atoms with Gasteiger partial charge in [-0.1, -0.05) is 25.3 Å². The van der Waals surface area contributed by atoms with Crippen LogP contribution in [-0.4, -0.2) is 64.0 Å². The molecule has 0 amide bonds. The maximum absolute atomic E-state index is 5.76. The molecule has 1 aliphatic heterocycles. The molecule has 3 rings (SSSR count). The number of methoxy groups -OCH3 is 1. The molecule has 0 bridgehead atoms. The molecule has 2 heterocycles. The van der Waals surface area contributed by atoms with Gasteiger partial charge in [0.25, 0.3) is 0 Å². The summed E-state index contributed by atoms with van der Waals surface area (Å²) in [6, 6.07) is 4.52. The molecular weight excluding hydrogens is 370 g/mol. The lowest BCUT2D eigenvalue weighted by Crippen LogP contribution is -2.42. The summed E-state index contributed by atoms with van der Waals surface area (Å²) in [5.41, 5.74) is 0.246. The summed E-state index contributed by atoms with van der Waals surface area (Å²) in [6.07, 6.45) is 7.74. The van der Waals surface area contributed by atoms with Gasteiger partial charge in [0, 0.05) is 43.0 Å². The van der Waals surface area contributed by atoms with Crippen molar-refractivity contribution >= 4 is 17.3 Å². The lowest BCUT2D eigenvalue weighted by molar-refractivity contribution is 0.0536. The standard InChI is InChI=1S/C22H37N3O2S/c1-3-23-21(25-12-9-19(16-25)17-27-14-13-26-2)24-18-22(10-5-4-6-11-22)20-8-7-15-28-20/h7-8,15,19H,3-6,9-14,16-18H2,1-2H3,(H,23,24). The van der Waals surface area contributed by atoms with Gasteiger partial charge in [0.1, 0.15) is 0 Å². The van der Waals surface area contributed by atoms with Crippen LogP contribution in [0.4, 0.5) is 0 Å². The Morgan fingerprint density at radius 1 is 1.32 bits per heavy atom. The van der Waals surface area contributed by atoms with Crippen LogP contribution in [0.2, 0.25) is 0 Å². The molecule has 1 aliphatic carbocycles. The number of thiophene rings is 1. The van der Waals surface area contributed by atoms with E-state index in [9.17, 15) is 0 Å². The van der Waals surface area contributed by atoms with Crippen LogP contribution < -0.4 is 5.32 Å². The van der Waals surface area contributed by atoms with E-state index in [1.807, 2.05) is 11.3 Å². The molecule has 1 atom stereocenters. The van der Waals surface area contributed by atoms with Gasteiger partial charge in [-0.15, -0.1) is 11.3 Å². The van der Waals surface area contributed by atoms with Crippen molar-refractivity contribution in [2.24, 2.45) is 10.9 Å². The van der Waals surface area contributed by atoms with Crippen molar-refractivity contribution in [3.8, 4) is 0 Å². The fraction of sp³-hybridized carbons (Fsp3) is 0.773. The van der Waals surface area contributed by atoms with E-state index < -0.39 is 0 Å². The van der Waals surface area contributed by atoms with Crippen LogP contribution in [0, 0.1) is 5.92 Å². The smallest absolute Gasteiger partial charge is 0.193 e. The molecule has 6 heteroatoms. The Balaban J connectivity index is 1.62. The summed E-state index contributed by atoms with van der Waals surface area (Å²) >= 11 is 1.91. The molecule has 1 N–H and O–H groups in total. The Labute approximate surface area is 174 Å². The Kier molecular flexibility index (Phi) is 8.62. The van der Waals surface area contributed by atoms with E-state index in [0.29, 0.717) is 19.1 Å². The van der Waals surface area contributed by atoms with Crippen molar-refractivity contribution < 1.29 is 9.47 Å². The molecule has 158 valence electrons. The Morgan fingerprint density at radius 3 is 2.89 bits per heavy atom. The van der Waals surface area contributed by atoms with Crippen LogP contribution in [0.1, 0.15) is 50.3 Å². The van der Waals surface area contributed by atoms with Crippen LogP contribution in [0.3, 0.4) is 0 Å². The Hall–Kier alpha value is -1.11. The minimum absolute atomic E-state index is 0.246. The number of guanidine groups is 1. The van der Waals surface area contributed by atoms with E-state index in [2.05, 4.69) is 34.7 Å². The zero-order valence-corrected chi connectivity index (χ0v) is 18.4. The topological polar surface area (TPSA) is 46.1 Å². The van der Waals surface area contributed by atoms with Gasteiger partial charge >= 0.3 is 0 Å². The van der Waals surface area contributed by atoms with Crippen molar-refractivity contribution in [1.29, 1.82) is 0 Å². The molecular formula is C22H37N3O2S. The minimum Gasteiger partial charge on any atom is -0.382 e. The molecule has 0 aromatic carbocycles. The first kappa shape index (κ1) is 21.6. The van der Waals surface area contributed by atoms with Crippen molar-refractivity contribution in [3.63, 3.8) is 0 Å². The number of nitrogens with one attached hydrogen (secondary N) is 1. The summed E-state index contributed by atoms with van der Waals surface area (Å²) in [5.74, 6) is 1.67.